The Balaban J connectivity index is 2.49. The molecule has 2 rings (SSSR count). The van der Waals surface area contributed by atoms with E-state index in [4.69, 9.17) is 17.0 Å². The maximum atomic E-state index is 11.5. The number of nitro benzene ring substituents is 1. The largest absolute Gasteiger partial charge is 0.500 e. The molecule has 3 N–H and O–H groups in total. The number of benzene rings is 1. The minimum atomic E-state index is -0.730. The van der Waals surface area contributed by atoms with Gasteiger partial charge < -0.3 is 15.2 Å². The minimum absolute atomic E-state index is 0.0282. The Bertz CT molecular complexity index is 671. The topological polar surface area (TPSA) is 114 Å². The van der Waals surface area contributed by atoms with Gasteiger partial charge in [-0.3, -0.25) is 20.2 Å². The lowest BCUT2D eigenvalue weighted by atomic mass is 10.1. The van der Waals surface area contributed by atoms with Crippen molar-refractivity contribution in [2.24, 2.45) is 0 Å². The highest BCUT2D eigenvalue weighted by Gasteiger charge is 2.23. The number of ether oxygens (including phenoxy) is 1. The van der Waals surface area contributed by atoms with Gasteiger partial charge in [-0.15, -0.1) is 0 Å². The maximum Gasteiger partial charge on any atom is 0.315 e. The number of phenols is 1. The zero-order valence-corrected chi connectivity index (χ0v) is 11.7. The number of hydrogen-bond donors (Lipinski definition) is 3. The van der Waals surface area contributed by atoms with Gasteiger partial charge in [0.2, 0.25) is 5.75 Å². The number of nitrogens with one attached hydrogen (secondary N) is 2. The minimum Gasteiger partial charge on any atom is -0.500 e. The molecule has 1 heterocycles. The lowest BCUT2D eigenvalue weighted by Gasteiger charge is -2.07. The van der Waals surface area contributed by atoms with Gasteiger partial charge in [0.05, 0.1) is 11.5 Å². The predicted octanol–water partition coefficient (Wildman–Crippen LogP) is 1.04. The van der Waals surface area contributed by atoms with Crippen molar-refractivity contribution in [2.75, 3.05) is 6.61 Å². The summed E-state index contributed by atoms with van der Waals surface area (Å²) in [6.45, 7) is 1.91. The normalized spacial score (nSPS) is 15.8. The van der Waals surface area contributed by atoms with E-state index in [1.165, 1.54) is 12.1 Å². The van der Waals surface area contributed by atoms with Gasteiger partial charge in [-0.2, -0.15) is 0 Å². The molecule has 0 aliphatic carbocycles. The number of rotatable bonds is 4. The summed E-state index contributed by atoms with van der Waals surface area (Å²) in [6, 6.07) is 2.54. The molecule has 1 fully saturated rings. The highest BCUT2D eigenvalue weighted by atomic mass is 32.1. The second kappa shape index (κ2) is 5.75. The fourth-order valence-corrected chi connectivity index (χ4v) is 1.95. The lowest BCUT2D eigenvalue weighted by Crippen LogP contribution is -2.21. The van der Waals surface area contributed by atoms with Crippen molar-refractivity contribution in [3.05, 3.63) is 33.5 Å². The second-order valence-electron chi connectivity index (χ2n) is 4.04. The fraction of sp³-hybridized carbons (Fsp3) is 0.167. The van der Waals surface area contributed by atoms with E-state index in [1.807, 2.05) is 0 Å². The third-order valence-electron chi connectivity index (χ3n) is 2.60. The summed E-state index contributed by atoms with van der Waals surface area (Å²) < 4.78 is 5.15. The maximum absolute atomic E-state index is 11.5. The number of amides is 1. The van der Waals surface area contributed by atoms with Crippen LogP contribution in [-0.2, 0) is 4.79 Å². The van der Waals surface area contributed by atoms with Crippen molar-refractivity contribution < 1.29 is 19.6 Å². The van der Waals surface area contributed by atoms with E-state index in [0.717, 1.165) is 6.07 Å². The van der Waals surface area contributed by atoms with Gasteiger partial charge >= 0.3 is 5.69 Å². The van der Waals surface area contributed by atoms with Crippen LogP contribution in [0.1, 0.15) is 12.5 Å². The van der Waals surface area contributed by atoms with Crippen molar-refractivity contribution >= 4 is 35.0 Å². The zero-order valence-electron chi connectivity index (χ0n) is 10.9. The second-order valence-corrected chi connectivity index (χ2v) is 4.45. The molecule has 1 aromatic carbocycles. The van der Waals surface area contributed by atoms with E-state index in [1.54, 1.807) is 6.92 Å². The summed E-state index contributed by atoms with van der Waals surface area (Å²) in [4.78, 5) is 21.7. The Morgan fingerprint density at radius 1 is 1.48 bits per heavy atom. The summed E-state index contributed by atoms with van der Waals surface area (Å²) in [7, 11) is 0. The lowest BCUT2D eigenvalue weighted by molar-refractivity contribution is -0.386. The molecule has 0 aromatic heterocycles. The summed E-state index contributed by atoms with van der Waals surface area (Å²) in [6.07, 6.45) is 1.38. The summed E-state index contributed by atoms with van der Waals surface area (Å²) >= 11 is 4.79. The Morgan fingerprint density at radius 3 is 2.71 bits per heavy atom. The van der Waals surface area contributed by atoms with Gasteiger partial charge in [-0.05, 0) is 36.8 Å². The molecule has 0 radical (unpaired) electrons. The van der Waals surface area contributed by atoms with E-state index < -0.39 is 22.3 Å². The number of aromatic hydroxyl groups is 1. The molecule has 1 aliphatic heterocycles. The van der Waals surface area contributed by atoms with Gasteiger partial charge in [0.1, 0.15) is 5.70 Å². The number of phenolic OH excluding ortho intramolecular Hbond substituents is 1. The van der Waals surface area contributed by atoms with E-state index >= 15 is 0 Å². The molecule has 1 amide bonds. The fourth-order valence-electron chi connectivity index (χ4n) is 1.75. The molecule has 21 heavy (non-hydrogen) atoms. The molecule has 110 valence electrons. The van der Waals surface area contributed by atoms with Crippen LogP contribution in [0.15, 0.2) is 17.8 Å². The molecular formula is C12H11N3O5S. The predicted molar refractivity (Wildman–Crippen MR) is 77.8 cm³/mol. The van der Waals surface area contributed by atoms with Gasteiger partial charge in [0.25, 0.3) is 5.91 Å². The van der Waals surface area contributed by atoms with Crippen LogP contribution in [0.2, 0.25) is 0 Å². The van der Waals surface area contributed by atoms with Gasteiger partial charge in [0, 0.05) is 6.07 Å². The van der Waals surface area contributed by atoms with Crippen molar-refractivity contribution in [3.8, 4) is 11.5 Å². The Labute approximate surface area is 124 Å². The summed E-state index contributed by atoms with van der Waals surface area (Å²) in [5, 5.41) is 25.9. The van der Waals surface area contributed by atoms with Crippen molar-refractivity contribution in [3.63, 3.8) is 0 Å². The van der Waals surface area contributed by atoms with E-state index in [2.05, 4.69) is 10.6 Å². The van der Waals surface area contributed by atoms with Crippen molar-refractivity contribution in [1.29, 1.82) is 0 Å². The summed E-state index contributed by atoms with van der Waals surface area (Å²) in [5.74, 6) is -1.02. The molecule has 0 bridgehead atoms. The van der Waals surface area contributed by atoms with Crippen LogP contribution in [0.4, 0.5) is 5.69 Å². The molecule has 1 aliphatic rings. The number of thiocarbonyl (C=S) groups is 1. The molecule has 9 heteroatoms. The third kappa shape index (κ3) is 3.08. The van der Waals surface area contributed by atoms with Crippen LogP contribution in [-0.4, -0.2) is 27.7 Å². The number of nitrogens with zero attached hydrogens (tertiary/aromatic N) is 1. The van der Waals surface area contributed by atoms with Crippen molar-refractivity contribution in [1.82, 2.24) is 10.6 Å². The van der Waals surface area contributed by atoms with Gasteiger partial charge in [-0.1, -0.05) is 0 Å². The summed E-state index contributed by atoms with van der Waals surface area (Å²) in [5.41, 5.74) is -0.0264. The highest BCUT2D eigenvalue weighted by molar-refractivity contribution is 7.80. The smallest absolute Gasteiger partial charge is 0.315 e. The van der Waals surface area contributed by atoms with Crippen LogP contribution in [0.3, 0.4) is 0 Å². The first-order valence-corrected chi connectivity index (χ1v) is 6.31. The van der Waals surface area contributed by atoms with Crippen LogP contribution < -0.4 is 15.4 Å². The van der Waals surface area contributed by atoms with E-state index in [-0.39, 0.29) is 23.2 Å². The van der Waals surface area contributed by atoms with Crippen molar-refractivity contribution in [2.45, 2.75) is 6.92 Å². The molecule has 1 aromatic rings. The SMILES string of the molecule is CCOc1cc(/C=C2/NC(=S)NC2=O)cc([N+](=O)[O-])c1O. The molecular weight excluding hydrogens is 298 g/mol. The Kier molecular flexibility index (Phi) is 4.03. The van der Waals surface area contributed by atoms with Crippen LogP contribution >= 0.6 is 12.2 Å². The Hall–Kier alpha value is -2.68. The first-order valence-electron chi connectivity index (χ1n) is 5.90. The molecule has 0 atom stereocenters. The third-order valence-corrected chi connectivity index (χ3v) is 2.81. The monoisotopic (exact) mass is 309 g/mol. The van der Waals surface area contributed by atoms with Gasteiger partial charge in [-0.25, -0.2) is 0 Å². The highest BCUT2D eigenvalue weighted by Crippen LogP contribution is 2.37. The average molecular weight is 309 g/mol. The average Bonchev–Trinajstić information content (AvgIpc) is 2.71. The zero-order chi connectivity index (χ0) is 15.6. The van der Waals surface area contributed by atoms with Crippen LogP contribution in [0, 0.1) is 10.1 Å². The Morgan fingerprint density at radius 2 is 2.19 bits per heavy atom. The number of hydrogen-bond acceptors (Lipinski definition) is 6. The number of carbonyl (C=O) groups is 1. The van der Waals surface area contributed by atoms with Gasteiger partial charge in [0.15, 0.2) is 10.9 Å². The van der Waals surface area contributed by atoms with Crippen LogP contribution in [0.5, 0.6) is 11.5 Å². The first kappa shape index (κ1) is 14.7. The van der Waals surface area contributed by atoms with E-state index in [9.17, 15) is 20.0 Å². The first-order chi connectivity index (χ1) is 9.92. The molecule has 0 unspecified atom stereocenters. The molecule has 1 saturated heterocycles. The molecule has 0 saturated carbocycles. The quantitative estimate of drug-likeness (QED) is 0.329. The molecule has 8 nitrogen and oxygen atoms in total. The number of nitro groups is 1. The van der Waals surface area contributed by atoms with Crippen LogP contribution in [0.25, 0.3) is 6.08 Å². The molecule has 0 spiro atoms. The number of carbonyl (C=O) groups excluding carboxylic acids is 1. The van der Waals surface area contributed by atoms with E-state index in [0.29, 0.717) is 5.56 Å². The standard InChI is InChI=1S/C12H11N3O5S/c1-2-20-9-5-6(4-8(10(9)16)15(18)19)3-7-11(17)14-12(21)13-7/h3-5,16H,2H2,1H3,(H2,13,14,17,21)/b7-3+.